The van der Waals surface area contributed by atoms with Crippen molar-refractivity contribution in [2.45, 2.75) is 13.5 Å². The Bertz CT molecular complexity index is 1330. The molecular formula is C29H29FN2O2. The van der Waals surface area contributed by atoms with Gasteiger partial charge in [-0.2, -0.15) is 0 Å². The number of ether oxygens (including phenoxy) is 1. The zero-order chi connectivity index (χ0) is 24.2. The van der Waals surface area contributed by atoms with Crippen LogP contribution in [0.25, 0.3) is 16.5 Å². The number of aldehydes is 1. The van der Waals surface area contributed by atoms with Crippen molar-refractivity contribution in [1.82, 2.24) is 9.47 Å². The number of fused-ring (bicyclic) bond motifs is 1. The van der Waals surface area contributed by atoms with Gasteiger partial charge in [-0.25, -0.2) is 4.39 Å². The Kier molecular flexibility index (Phi) is 6.94. The predicted octanol–water partition coefficient (Wildman–Crippen LogP) is 5.92. The summed E-state index contributed by atoms with van der Waals surface area (Å²) in [5.41, 5.74) is 7.43. The molecule has 4 nitrogen and oxygen atoms in total. The van der Waals surface area contributed by atoms with Gasteiger partial charge in [0.2, 0.25) is 0 Å². The maximum Gasteiger partial charge on any atom is 0.167 e. The summed E-state index contributed by atoms with van der Waals surface area (Å²) in [6.45, 7) is 2.91. The summed E-state index contributed by atoms with van der Waals surface area (Å²) in [5, 5.41) is 0.984. The largest absolute Gasteiger partial charge is 0.379 e. The van der Waals surface area contributed by atoms with Crippen molar-refractivity contribution in [3.8, 4) is 0 Å². The van der Waals surface area contributed by atoms with Gasteiger partial charge in [0, 0.05) is 55.5 Å². The van der Waals surface area contributed by atoms with Crippen LogP contribution in [0.3, 0.4) is 0 Å². The van der Waals surface area contributed by atoms with Crippen LogP contribution in [-0.4, -0.2) is 43.6 Å². The van der Waals surface area contributed by atoms with Crippen LogP contribution in [0, 0.1) is 12.7 Å². The van der Waals surface area contributed by atoms with Gasteiger partial charge in [0.15, 0.2) is 6.29 Å². The topological polar surface area (TPSA) is 34.5 Å². The zero-order valence-electron chi connectivity index (χ0n) is 20.0. The van der Waals surface area contributed by atoms with E-state index in [-0.39, 0.29) is 5.82 Å². The minimum absolute atomic E-state index is 0.280. The molecule has 0 aliphatic heterocycles. The van der Waals surface area contributed by atoms with E-state index >= 15 is 0 Å². The summed E-state index contributed by atoms with van der Waals surface area (Å²) in [6.07, 6.45) is 0.924. The van der Waals surface area contributed by atoms with E-state index in [1.807, 2.05) is 47.8 Å². The molecule has 0 aliphatic rings. The molecule has 1 heterocycles. The van der Waals surface area contributed by atoms with Crippen molar-refractivity contribution < 1.29 is 13.9 Å². The number of hydrogen-bond donors (Lipinski definition) is 0. The smallest absolute Gasteiger partial charge is 0.167 e. The van der Waals surface area contributed by atoms with Gasteiger partial charge in [-0.15, -0.1) is 0 Å². The van der Waals surface area contributed by atoms with E-state index in [0.717, 1.165) is 50.7 Å². The van der Waals surface area contributed by atoms with Crippen molar-refractivity contribution in [1.29, 1.82) is 0 Å². The van der Waals surface area contributed by atoms with Gasteiger partial charge in [0.1, 0.15) is 5.82 Å². The molecule has 0 spiro atoms. The average molecular weight is 457 g/mol. The lowest BCUT2D eigenvalue weighted by atomic mass is 9.92. The number of nitrogens with zero attached hydrogens (tertiary/aromatic N) is 2. The molecule has 0 bridgehead atoms. The Morgan fingerprint density at radius 2 is 1.68 bits per heavy atom. The molecule has 0 N–H and O–H groups in total. The molecule has 4 rings (SSSR count). The molecule has 0 amide bonds. The number of rotatable bonds is 8. The highest BCUT2D eigenvalue weighted by Gasteiger charge is 2.24. The molecule has 0 radical (unpaired) electrons. The lowest BCUT2D eigenvalue weighted by molar-refractivity contribution is 0.111. The van der Waals surface area contributed by atoms with E-state index in [1.54, 1.807) is 19.2 Å². The van der Waals surface area contributed by atoms with Crippen LogP contribution in [0.4, 0.5) is 4.39 Å². The molecule has 0 atom stereocenters. The first kappa shape index (κ1) is 23.5. The first-order valence-corrected chi connectivity index (χ1v) is 11.2. The summed E-state index contributed by atoms with van der Waals surface area (Å²) in [5.74, 6) is -0.280. The van der Waals surface area contributed by atoms with Crippen molar-refractivity contribution in [3.63, 3.8) is 0 Å². The molecule has 174 valence electrons. The van der Waals surface area contributed by atoms with Crippen LogP contribution < -0.4 is 0 Å². The zero-order valence-corrected chi connectivity index (χ0v) is 20.0. The number of halogens is 1. The van der Waals surface area contributed by atoms with Crippen LogP contribution in [0.1, 0.15) is 32.7 Å². The number of para-hydroxylation sites is 1. The number of likely N-dealkylation sites (N-methyl/N-ethyl adjacent to an activating group) is 1. The Hall–Kier alpha value is -3.70. The maximum absolute atomic E-state index is 13.5. The molecule has 3 aromatic carbocycles. The highest BCUT2D eigenvalue weighted by molar-refractivity contribution is 6.05. The van der Waals surface area contributed by atoms with E-state index in [0.29, 0.717) is 18.8 Å². The molecule has 0 fully saturated rings. The Morgan fingerprint density at radius 3 is 2.29 bits per heavy atom. The second-order valence-electron chi connectivity index (χ2n) is 8.62. The SMILES string of the molecule is COC/C(=C(\c1ccc(C)cc1)c1c(C=O)n(Cc2ccc(F)cc2)c2ccccc12)N(C)C. The highest BCUT2D eigenvalue weighted by Crippen LogP contribution is 2.37. The monoisotopic (exact) mass is 456 g/mol. The Balaban J connectivity index is 2.05. The number of carbonyl (C=O) groups is 1. The highest BCUT2D eigenvalue weighted by atomic mass is 19.1. The molecular weight excluding hydrogens is 427 g/mol. The summed E-state index contributed by atoms with van der Waals surface area (Å²) in [6, 6.07) is 22.8. The molecule has 4 aromatic rings. The number of aryl methyl sites for hydroxylation is 1. The van der Waals surface area contributed by atoms with Gasteiger partial charge in [-0.1, -0.05) is 60.2 Å². The molecule has 5 heteroatoms. The normalized spacial score (nSPS) is 12.0. The van der Waals surface area contributed by atoms with E-state index in [1.165, 1.54) is 12.1 Å². The van der Waals surface area contributed by atoms with Crippen molar-refractivity contribution in [3.05, 3.63) is 112 Å². The number of aromatic nitrogens is 1. The lowest BCUT2D eigenvalue weighted by Crippen LogP contribution is -2.18. The molecule has 0 saturated heterocycles. The number of benzene rings is 3. The first-order valence-electron chi connectivity index (χ1n) is 11.2. The van der Waals surface area contributed by atoms with Gasteiger partial charge >= 0.3 is 0 Å². The summed E-state index contributed by atoms with van der Waals surface area (Å²) < 4.78 is 21.1. The van der Waals surface area contributed by atoms with Gasteiger partial charge < -0.3 is 14.2 Å². The van der Waals surface area contributed by atoms with E-state index in [9.17, 15) is 9.18 Å². The molecule has 0 aliphatic carbocycles. The minimum atomic E-state index is -0.280. The van der Waals surface area contributed by atoms with Crippen LogP contribution in [0.2, 0.25) is 0 Å². The third-order valence-corrected chi connectivity index (χ3v) is 6.08. The fraction of sp³-hybridized carbons (Fsp3) is 0.207. The molecule has 34 heavy (non-hydrogen) atoms. The van der Waals surface area contributed by atoms with E-state index in [2.05, 4.69) is 31.2 Å². The van der Waals surface area contributed by atoms with Gasteiger partial charge in [0.05, 0.1) is 12.3 Å². The van der Waals surface area contributed by atoms with Crippen molar-refractivity contribution in [2.75, 3.05) is 27.8 Å². The average Bonchev–Trinajstić information content (AvgIpc) is 3.14. The molecule has 1 aromatic heterocycles. The minimum Gasteiger partial charge on any atom is -0.379 e. The predicted molar refractivity (Wildman–Crippen MR) is 136 cm³/mol. The summed E-state index contributed by atoms with van der Waals surface area (Å²) in [7, 11) is 5.65. The number of methoxy groups -OCH3 is 1. The third kappa shape index (κ3) is 4.52. The molecule has 0 unspecified atom stereocenters. The molecule has 0 saturated carbocycles. The standard InChI is InChI=1S/C29H29FN2O2/c1-20-9-13-22(14-10-20)28(27(19-34-4)31(2)3)29-24-7-5-6-8-25(24)32(26(29)18-33)17-21-11-15-23(30)16-12-21/h5-16,18H,17,19H2,1-4H3/b28-27-. The second kappa shape index (κ2) is 10.1. The number of carbonyl (C=O) groups excluding carboxylic acids is 1. The maximum atomic E-state index is 13.5. The second-order valence-corrected chi connectivity index (χ2v) is 8.62. The van der Waals surface area contributed by atoms with Gasteiger partial charge in [-0.05, 0) is 36.2 Å². The van der Waals surface area contributed by atoms with Crippen molar-refractivity contribution >= 4 is 22.8 Å². The van der Waals surface area contributed by atoms with E-state index < -0.39 is 0 Å². The van der Waals surface area contributed by atoms with E-state index in [4.69, 9.17) is 4.74 Å². The van der Waals surface area contributed by atoms with Gasteiger partial charge in [0.25, 0.3) is 0 Å². The van der Waals surface area contributed by atoms with Gasteiger partial charge in [-0.3, -0.25) is 4.79 Å². The third-order valence-electron chi connectivity index (χ3n) is 6.08. The van der Waals surface area contributed by atoms with Crippen LogP contribution in [0.15, 0.2) is 78.5 Å². The van der Waals surface area contributed by atoms with Crippen LogP contribution in [-0.2, 0) is 11.3 Å². The Morgan fingerprint density at radius 1 is 1.00 bits per heavy atom. The summed E-state index contributed by atoms with van der Waals surface area (Å²) in [4.78, 5) is 14.7. The quantitative estimate of drug-likeness (QED) is 0.309. The summed E-state index contributed by atoms with van der Waals surface area (Å²) >= 11 is 0. The number of hydrogen-bond acceptors (Lipinski definition) is 3. The van der Waals surface area contributed by atoms with Crippen molar-refractivity contribution in [2.24, 2.45) is 0 Å². The van der Waals surface area contributed by atoms with Crippen LogP contribution >= 0.6 is 0 Å². The first-order chi connectivity index (χ1) is 16.4. The van der Waals surface area contributed by atoms with Crippen LogP contribution in [0.5, 0.6) is 0 Å². The fourth-order valence-corrected chi connectivity index (χ4v) is 4.39. The lowest BCUT2D eigenvalue weighted by Gasteiger charge is -2.23. The Labute approximate surface area is 199 Å². The fourth-order valence-electron chi connectivity index (χ4n) is 4.39.